The number of carbonyl (C=O) groups is 1. The number of nitrogens with one attached hydrogen (secondary N) is 2. The number of H-pyrrole nitrogens is 1. The number of amides is 1. The van der Waals surface area contributed by atoms with Gasteiger partial charge in [0.15, 0.2) is 0 Å². The fraction of sp³-hybridized carbons (Fsp3) is 0.360. The Labute approximate surface area is 200 Å². The molecule has 0 radical (unpaired) electrons. The maximum absolute atomic E-state index is 12.8. The van der Waals surface area contributed by atoms with Crippen LogP contribution in [0, 0.1) is 0 Å². The number of carbonyl (C=O) groups excluding carboxylic acids is 1. The highest BCUT2D eigenvalue weighted by molar-refractivity contribution is 7.89. The molecule has 180 valence electrons. The zero-order valence-corrected chi connectivity index (χ0v) is 20.7. The van der Waals surface area contributed by atoms with Crippen LogP contribution in [0.4, 0.5) is 0 Å². The summed E-state index contributed by atoms with van der Waals surface area (Å²) in [4.78, 5) is 20.5. The minimum atomic E-state index is -3.55. The number of hydrogen-bond acceptors (Lipinski definition) is 4. The van der Waals surface area contributed by atoms with Gasteiger partial charge in [0.05, 0.1) is 15.9 Å². The lowest BCUT2D eigenvalue weighted by Crippen LogP contribution is -2.30. The summed E-state index contributed by atoms with van der Waals surface area (Å²) < 4.78 is 29.0. The van der Waals surface area contributed by atoms with Crippen LogP contribution in [0.15, 0.2) is 53.6 Å². The van der Waals surface area contributed by atoms with E-state index in [9.17, 15) is 13.2 Å². The first-order chi connectivity index (χ1) is 16.3. The third kappa shape index (κ3) is 4.71. The predicted octanol–water partition coefficient (Wildman–Crippen LogP) is 3.38. The van der Waals surface area contributed by atoms with Gasteiger partial charge in [-0.25, -0.2) is 13.4 Å². The quantitative estimate of drug-likeness (QED) is 0.363. The lowest BCUT2D eigenvalue weighted by molar-refractivity contribution is -0.121. The second kappa shape index (κ2) is 9.99. The van der Waals surface area contributed by atoms with Gasteiger partial charge in [-0.2, -0.15) is 4.31 Å². The van der Waals surface area contributed by atoms with E-state index in [1.807, 2.05) is 49.9 Å². The van der Waals surface area contributed by atoms with Crippen LogP contribution in [-0.2, 0) is 34.7 Å². The van der Waals surface area contributed by atoms with E-state index >= 15 is 0 Å². The van der Waals surface area contributed by atoms with Crippen LogP contribution in [0.25, 0.3) is 21.9 Å². The van der Waals surface area contributed by atoms with Gasteiger partial charge in [0.1, 0.15) is 5.82 Å². The van der Waals surface area contributed by atoms with Crippen molar-refractivity contribution >= 4 is 37.9 Å². The molecule has 2 N–H and O–H groups in total. The number of aryl methyl sites for hydroxylation is 2. The Morgan fingerprint density at radius 3 is 2.65 bits per heavy atom. The molecule has 4 aromatic rings. The summed E-state index contributed by atoms with van der Waals surface area (Å²) in [5.41, 5.74) is 3.74. The van der Waals surface area contributed by atoms with Crippen molar-refractivity contribution in [1.82, 2.24) is 24.2 Å². The van der Waals surface area contributed by atoms with Gasteiger partial charge >= 0.3 is 0 Å². The summed E-state index contributed by atoms with van der Waals surface area (Å²) in [7, 11) is -1.66. The smallest absolute Gasteiger partial charge is 0.243 e. The van der Waals surface area contributed by atoms with E-state index in [0.29, 0.717) is 38.0 Å². The van der Waals surface area contributed by atoms with Crippen molar-refractivity contribution in [1.29, 1.82) is 0 Å². The summed E-state index contributed by atoms with van der Waals surface area (Å²) in [5, 5.41) is 4.17. The molecule has 8 nitrogen and oxygen atoms in total. The molecule has 2 heterocycles. The highest BCUT2D eigenvalue weighted by atomic mass is 32.2. The second-order valence-corrected chi connectivity index (χ2v) is 10.2. The Morgan fingerprint density at radius 2 is 1.88 bits per heavy atom. The number of nitrogens with zero attached hydrogens (tertiary/aromatic N) is 3. The summed E-state index contributed by atoms with van der Waals surface area (Å²) in [6.45, 7) is 5.04. The van der Waals surface area contributed by atoms with Crippen LogP contribution in [0.2, 0.25) is 0 Å². The normalized spacial score (nSPS) is 12.1. The third-order valence-electron chi connectivity index (χ3n) is 6.26. The average molecular weight is 482 g/mol. The van der Waals surface area contributed by atoms with Gasteiger partial charge < -0.3 is 14.9 Å². The molecule has 9 heteroatoms. The molecule has 2 aromatic heterocycles. The number of aromatic amines is 1. The first-order valence-electron chi connectivity index (χ1n) is 11.6. The third-order valence-corrected chi connectivity index (χ3v) is 8.30. The zero-order chi connectivity index (χ0) is 24.3. The Kier molecular flexibility index (Phi) is 7.04. The van der Waals surface area contributed by atoms with Crippen LogP contribution < -0.4 is 5.32 Å². The SMILES string of the molecule is CCN(CC)S(=O)(=O)c1ccc2c(c1)nc(CCC(=O)NCCc1c[nH]c3ccccc13)n2C. The number of imidazole rings is 1. The van der Waals surface area contributed by atoms with Gasteiger partial charge in [0.25, 0.3) is 0 Å². The molecular weight excluding hydrogens is 450 g/mol. The van der Waals surface area contributed by atoms with Gasteiger partial charge in [-0.15, -0.1) is 0 Å². The molecule has 0 aliphatic rings. The molecule has 1 amide bonds. The minimum absolute atomic E-state index is 0.0308. The largest absolute Gasteiger partial charge is 0.361 e. The van der Waals surface area contributed by atoms with Gasteiger partial charge in [0.2, 0.25) is 15.9 Å². The van der Waals surface area contributed by atoms with Crippen molar-refractivity contribution in [2.75, 3.05) is 19.6 Å². The van der Waals surface area contributed by atoms with Crippen molar-refractivity contribution in [3.63, 3.8) is 0 Å². The van der Waals surface area contributed by atoms with Crippen molar-refractivity contribution < 1.29 is 13.2 Å². The zero-order valence-electron chi connectivity index (χ0n) is 19.8. The Balaban J connectivity index is 1.38. The summed E-state index contributed by atoms with van der Waals surface area (Å²) in [6.07, 6.45) is 3.54. The molecule has 0 atom stereocenters. The number of rotatable bonds is 10. The minimum Gasteiger partial charge on any atom is -0.361 e. The molecule has 0 bridgehead atoms. The lowest BCUT2D eigenvalue weighted by Gasteiger charge is -2.18. The Hall–Kier alpha value is -3.17. The molecule has 0 unspecified atom stereocenters. The summed E-state index contributed by atoms with van der Waals surface area (Å²) in [6, 6.07) is 13.1. The average Bonchev–Trinajstić information content (AvgIpc) is 3.39. The van der Waals surface area contributed by atoms with Crippen LogP contribution in [0.5, 0.6) is 0 Å². The van der Waals surface area contributed by atoms with Crippen molar-refractivity contribution in [2.45, 2.75) is 38.0 Å². The number of aromatic nitrogens is 3. The van der Waals surface area contributed by atoms with Crippen molar-refractivity contribution in [3.05, 3.63) is 60.0 Å². The predicted molar refractivity (Wildman–Crippen MR) is 134 cm³/mol. The first-order valence-corrected chi connectivity index (χ1v) is 13.1. The topological polar surface area (TPSA) is 100 Å². The van der Waals surface area contributed by atoms with E-state index in [0.717, 1.165) is 23.3 Å². The Morgan fingerprint density at radius 1 is 1.12 bits per heavy atom. The van der Waals surface area contributed by atoms with Crippen LogP contribution in [0.1, 0.15) is 31.7 Å². The van der Waals surface area contributed by atoms with Gasteiger partial charge in [-0.05, 0) is 36.2 Å². The van der Waals surface area contributed by atoms with E-state index in [2.05, 4.69) is 21.4 Å². The number of benzene rings is 2. The highest BCUT2D eigenvalue weighted by Gasteiger charge is 2.22. The Bertz CT molecular complexity index is 1420. The highest BCUT2D eigenvalue weighted by Crippen LogP contribution is 2.23. The van der Waals surface area contributed by atoms with E-state index in [-0.39, 0.29) is 10.8 Å². The fourth-order valence-electron chi connectivity index (χ4n) is 4.31. The maximum atomic E-state index is 12.8. The molecule has 4 rings (SSSR count). The lowest BCUT2D eigenvalue weighted by atomic mass is 10.1. The monoisotopic (exact) mass is 481 g/mol. The van der Waals surface area contributed by atoms with Gasteiger partial charge in [0, 0.05) is 56.6 Å². The van der Waals surface area contributed by atoms with Crippen LogP contribution in [-0.4, -0.2) is 52.8 Å². The maximum Gasteiger partial charge on any atom is 0.243 e. The first kappa shape index (κ1) is 24.0. The standard InChI is InChI=1S/C25H31N5O3S/c1-4-30(5-2)34(32,33)19-10-11-23-22(16-19)28-24(29(23)3)12-13-25(31)26-15-14-18-17-27-21-9-7-6-8-20(18)21/h6-11,16-17,27H,4-5,12-15H2,1-3H3,(H,26,31). The molecular formula is C25H31N5O3S. The second-order valence-electron chi connectivity index (χ2n) is 8.29. The van der Waals surface area contributed by atoms with E-state index in [1.165, 1.54) is 15.3 Å². The molecule has 0 saturated carbocycles. The number of sulfonamides is 1. The number of para-hydroxylation sites is 1. The molecule has 0 saturated heterocycles. The van der Waals surface area contributed by atoms with Crippen molar-refractivity contribution in [2.24, 2.45) is 7.05 Å². The van der Waals surface area contributed by atoms with E-state index < -0.39 is 10.0 Å². The van der Waals surface area contributed by atoms with Gasteiger partial charge in [-0.3, -0.25) is 4.79 Å². The van der Waals surface area contributed by atoms with E-state index in [4.69, 9.17) is 0 Å². The molecule has 34 heavy (non-hydrogen) atoms. The van der Waals surface area contributed by atoms with Gasteiger partial charge in [-0.1, -0.05) is 32.0 Å². The van der Waals surface area contributed by atoms with Crippen LogP contribution >= 0.6 is 0 Å². The molecule has 0 fully saturated rings. The number of hydrogen-bond donors (Lipinski definition) is 2. The van der Waals surface area contributed by atoms with Crippen LogP contribution in [0.3, 0.4) is 0 Å². The summed E-state index contributed by atoms with van der Waals surface area (Å²) in [5.74, 6) is 0.718. The van der Waals surface area contributed by atoms with E-state index in [1.54, 1.807) is 18.2 Å². The summed E-state index contributed by atoms with van der Waals surface area (Å²) >= 11 is 0. The molecule has 0 spiro atoms. The number of fused-ring (bicyclic) bond motifs is 2. The van der Waals surface area contributed by atoms with Crippen molar-refractivity contribution in [3.8, 4) is 0 Å². The fourth-order valence-corrected chi connectivity index (χ4v) is 5.79. The molecule has 2 aromatic carbocycles. The molecule has 0 aliphatic carbocycles. The molecule has 0 aliphatic heterocycles.